The summed E-state index contributed by atoms with van der Waals surface area (Å²) in [5.74, 6) is -0.0301. The van der Waals surface area contributed by atoms with Gasteiger partial charge in [0.05, 0.1) is 24.9 Å². The molecule has 1 N–H and O–H groups in total. The van der Waals surface area contributed by atoms with Crippen LogP contribution < -0.4 is 0 Å². The van der Waals surface area contributed by atoms with Gasteiger partial charge in [0.2, 0.25) is 5.91 Å². The van der Waals surface area contributed by atoms with Gasteiger partial charge in [0.25, 0.3) is 0 Å². The number of aliphatic hydroxyl groups is 1. The molecule has 0 fully saturated rings. The average molecular weight is 292 g/mol. The summed E-state index contributed by atoms with van der Waals surface area (Å²) in [4.78, 5) is 26.2. The second kappa shape index (κ2) is 7.06. The molecule has 0 aromatic carbocycles. The topological polar surface area (TPSA) is 79.2 Å². The highest BCUT2D eigenvalue weighted by Crippen LogP contribution is 2.21. The fraction of sp³-hybridized carbons (Fsp3) is 0.385. The van der Waals surface area contributed by atoms with Crippen LogP contribution in [0.4, 0.5) is 0 Å². The first-order valence-corrected chi connectivity index (χ1v) is 7.22. The second-order valence-electron chi connectivity index (χ2n) is 4.11. The number of aromatic nitrogens is 3. The van der Waals surface area contributed by atoms with Crippen molar-refractivity contribution in [1.82, 2.24) is 19.9 Å². The molecule has 0 spiro atoms. The molecular weight excluding hydrogens is 276 g/mol. The number of rotatable bonds is 6. The summed E-state index contributed by atoms with van der Waals surface area (Å²) in [7, 11) is 0. The summed E-state index contributed by atoms with van der Waals surface area (Å²) in [6, 6.07) is 0. The summed E-state index contributed by atoms with van der Waals surface area (Å²) < 4.78 is 0. The maximum Gasteiger partial charge on any atom is 0.228 e. The molecule has 7 heteroatoms. The highest BCUT2D eigenvalue weighted by atomic mass is 32.1. The molecule has 0 radical (unpaired) electrons. The smallest absolute Gasteiger partial charge is 0.228 e. The van der Waals surface area contributed by atoms with Crippen LogP contribution in [0.1, 0.15) is 12.6 Å². The lowest BCUT2D eigenvalue weighted by Gasteiger charge is -2.18. The van der Waals surface area contributed by atoms with Gasteiger partial charge in [-0.15, -0.1) is 11.3 Å². The largest absolute Gasteiger partial charge is 0.395 e. The van der Waals surface area contributed by atoms with Crippen molar-refractivity contribution in [2.24, 2.45) is 0 Å². The number of hydrogen-bond donors (Lipinski definition) is 1. The van der Waals surface area contributed by atoms with Gasteiger partial charge in [0, 0.05) is 30.9 Å². The number of carbonyl (C=O) groups excluding carboxylic acids is 1. The summed E-state index contributed by atoms with van der Waals surface area (Å²) in [6.07, 6.45) is 5.11. The molecule has 20 heavy (non-hydrogen) atoms. The summed E-state index contributed by atoms with van der Waals surface area (Å²) in [5, 5.41) is 11.5. The van der Waals surface area contributed by atoms with E-state index in [1.807, 2.05) is 12.3 Å². The standard InChI is InChI=1S/C13H16N4O2S/c1-2-17(5-6-18)12(19)7-10-9-20-13(16-10)11-8-14-3-4-15-11/h3-4,8-9,18H,2,5-7H2,1H3. The Morgan fingerprint density at radius 3 is 2.95 bits per heavy atom. The van der Waals surface area contributed by atoms with Gasteiger partial charge < -0.3 is 10.0 Å². The van der Waals surface area contributed by atoms with Crippen LogP contribution in [0.2, 0.25) is 0 Å². The third kappa shape index (κ3) is 3.58. The minimum absolute atomic E-state index is 0.0263. The van der Waals surface area contributed by atoms with Gasteiger partial charge in [0.1, 0.15) is 10.7 Å². The van der Waals surface area contributed by atoms with Crippen molar-refractivity contribution in [3.05, 3.63) is 29.7 Å². The third-order valence-electron chi connectivity index (χ3n) is 2.77. The van der Waals surface area contributed by atoms with Gasteiger partial charge >= 0.3 is 0 Å². The van der Waals surface area contributed by atoms with Gasteiger partial charge in [-0.25, -0.2) is 4.98 Å². The highest BCUT2D eigenvalue weighted by Gasteiger charge is 2.14. The van der Waals surface area contributed by atoms with E-state index in [1.54, 1.807) is 23.5 Å². The van der Waals surface area contributed by atoms with Crippen molar-refractivity contribution >= 4 is 17.2 Å². The molecule has 0 saturated carbocycles. The van der Waals surface area contributed by atoms with E-state index in [1.165, 1.54) is 11.3 Å². The predicted molar refractivity (Wildman–Crippen MR) is 76.2 cm³/mol. The molecule has 2 aromatic rings. The van der Waals surface area contributed by atoms with E-state index in [0.717, 1.165) is 10.7 Å². The summed E-state index contributed by atoms with van der Waals surface area (Å²) in [6.45, 7) is 2.80. The molecule has 0 aliphatic rings. The normalized spacial score (nSPS) is 10.5. The quantitative estimate of drug-likeness (QED) is 0.858. The third-order valence-corrected chi connectivity index (χ3v) is 3.68. The minimum atomic E-state index is -0.0301. The SMILES string of the molecule is CCN(CCO)C(=O)Cc1csc(-c2cnccn2)n1. The fourth-order valence-corrected chi connectivity index (χ4v) is 2.54. The number of amides is 1. The number of nitrogens with zero attached hydrogens (tertiary/aromatic N) is 4. The number of aliphatic hydroxyl groups excluding tert-OH is 1. The number of carbonyl (C=O) groups is 1. The van der Waals surface area contributed by atoms with Gasteiger partial charge in [-0.05, 0) is 6.92 Å². The van der Waals surface area contributed by atoms with Crippen molar-refractivity contribution in [2.45, 2.75) is 13.3 Å². The van der Waals surface area contributed by atoms with E-state index in [9.17, 15) is 4.79 Å². The summed E-state index contributed by atoms with van der Waals surface area (Å²) in [5.41, 5.74) is 1.43. The molecule has 0 unspecified atom stereocenters. The zero-order chi connectivity index (χ0) is 14.4. The van der Waals surface area contributed by atoms with Gasteiger partial charge in [-0.1, -0.05) is 0 Å². The minimum Gasteiger partial charge on any atom is -0.395 e. The van der Waals surface area contributed by atoms with Crippen molar-refractivity contribution in [3.8, 4) is 10.7 Å². The lowest BCUT2D eigenvalue weighted by molar-refractivity contribution is -0.130. The van der Waals surface area contributed by atoms with Gasteiger partial charge in [0.15, 0.2) is 0 Å². The van der Waals surface area contributed by atoms with Crippen LogP contribution in [0.5, 0.6) is 0 Å². The van der Waals surface area contributed by atoms with Crippen LogP contribution in [0.3, 0.4) is 0 Å². The monoisotopic (exact) mass is 292 g/mol. The first-order valence-electron chi connectivity index (χ1n) is 6.34. The van der Waals surface area contributed by atoms with Crippen LogP contribution in [0.15, 0.2) is 24.0 Å². The van der Waals surface area contributed by atoms with E-state index in [-0.39, 0.29) is 18.9 Å². The molecule has 2 aromatic heterocycles. The van der Waals surface area contributed by atoms with Gasteiger partial charge in [-0.3, -0.25) is 14.8 Å². The van der Waals surface area contributed by atoms with Crippen LogP contribution in [0.25, 0.3) is 10.7 Å². The van der Waals surface area contributed by atoms with E-state index in [2.05, 4.69) is 15.0 Å². The van der Waals surface area contributed by atoms with E-state index in [0.29, 0.717) is 18.8 Å². The molecule has 106 valence electrons. The van der Waals surface area contributed by atoms with E-state index < -0.39 is 0 Å². The average Bonchev–Trinajstić information content (AvgIpc) is 2.94. The lowest BCUT2D eigenvalue weighted by Crippen LogP contribution is -2.34. The Kier molecular flexibility index (Phi) is 5.14. The van der Waals surface area contributed by atoms with Gasteiger partial charge in [-0.2, -0.15) is 0 Å². The van der Waals surface area contributed by atoms with Crippen molar-refractivity contribution in [2.75, 3.05) is 19.7 Å². The Morgan fingerprint density at radius 2 is 2.30 bits per heavy atom. The molecule has 2 heterocycles. The predicted octanol–water partition coefficient (Wildman–Crippen LogP) is 0.983. The van der Waals surface area contributed by atoms with Crippen molar-refractivity contribution in [1.29, 1.82) is 0 Å². The zero-order valence-electron chi connectivity index (χ0n) is 11.2. The molecule has 0 saturated heterocycles. The second-order valence-corrected chi connectivity index (χ2v) is 4.97. The Labute approximate surface area is 121 Å². The maximum atomic E-state index is 12.0. The Bertz CT molecular complexity index is 559. The Balaban J connectivity index is 2.04. The molecule has 0 bridgehead atoms. The first-order chi connectivity index (χ1) is 9.74. The molecule has 0 aliphatic carbocycles. The van der Waals surface area contributed by atoms with Crippen LogP contribution in [-0.2, 0) is 11.2 Å². The Hall–Kier alpha value is -1.86. The zero-order valence-corrected chi connectivity index (χ0v) is 12.0. The van der Waals surface area contributed by atoms with Crippen molar-refractivity contribution < 1.29 is 9.90 Å². The van der Waals surface area contributed by atoms with Crippen LogP contribution >= 0.6 is 11.3 Å². The first kappa shape index (κ1) is 14.5. The van der Waals surface area contributed by atoms with Crippen molar-refractivity contribution in [3.63, 3.8) is 0 Å². The maximum absolute atomic E-state index is 12.0. The molecule has 1 amide bonds. The molecule has 2 rings (SSSR count). The fourth-order valence-electron chi connectivity index (χ4n) is 1.76. The molecular formula is C13H16N4O2S. The number of thiazole rings is 1. The van der Waals surface area contributed by atoms with Crippen LogP contribution in [-0.4, -0.2) is 50.6 Å². The highest BCUT2D eigenvalue weighted by molar-refractivity contribution is 7.13. The number of hydrogen-bond acceptors (Lipinski definition) is 6. The van der Waals surface area contributed by atoms with Crippen LogP contribution in [0, 0.1) is 0 Å². The molecule has 6 nitrogen and oxygen atoms in total. The molecule has 0 aliphatic heterocycles. The molecule has 0 atom stereocenters. The van der Waals surface area contributed by atoms with E-state index >= 15 is 0 Å². The van der Waals surface area contributed by atoms with E-state index in [4.69, 9.17) is 5.11 Å². The number of likely N-dealkylation sites (N-methyl/N-ethyl adjacent to an activating group) is 1. The summed E-state index contributed by atoms with van der Waals surface area (Å²) >= 11 is 1.44. The Morgan fingerprint density at radius 1 is 1.45 bits per heavy atom. The lowest BCUT2D eigenvalue weighted by atomic mass is 10.3.